The second-order valence-electron chi connectivity index (χ2n) is 5.33. The Morgan fingerprint density at radius 1 is 1.22 bits per heavy atom. The Kier molecular flexibility index (Phi) is 3.56. The molecule has 0 aromatic heterocycles. The highest BCUT2D eigenvalue weighted by molar-refractivity contribution is 5.74. The van der Waals surface area contributed by atoms with Gasteiger partial charge in [-0.2, -0.15) is 0 Å². The maximum absolute atomic E-state index is 2.33. The van der Waals surface area contributed by atoms with E-state index < -0.39 is 0 Å². The molecule has 2 atom stereocenters. The lowest BCUT2D eigenvalue weighted by Gasteiger charge is -2.36. The van der Waals surface area contributed by atoms with Crippen molar-refractivity contribution in [1.82, 2.24) is 0 Å². The van der Waals surface area contributed by atoms with Gasteiger partial charge in [0.1, 0.15) is 0 Å². The fourth-order valence-corrected chi connectivity index (χ4v) is 2.80. The summed E-state index contributed by atoms with van der Waals surface area (Å²) in [5.74, 6) is 0.522. The van der Waals surface area contributed by atoms with E-state index in [1.165, 1.54) is 16.7 Å². The van der Waals surface area contributed by atoms with Crippen LogP contribution in [0, 0.1) is 18.3 Å². The molecule has 0 heterocycles. The third-order valence-corrected chi connectivity index (χ3v) is 4.20. The average molecular weight is 238 g/mol. The molecular formula is C18H22. The minimum atomic E-state index is 0.0929. The molecule has 0 fully saturated rings. The Hall–Kier alpha value is -1.56. The standard InChI is InChI=1S/C18H22/c1-5-17(16-12-7-6-10-14(16)2)18(4)13-9-8-11-15(18)3/h5-13,15H,1-4H3. The van der Waals surface area contributed by atoms with E-state index in [1.54, 1.807) is 0 Å². The van der Waals surface area contributed by atoms with Crippen LogP contribution in [0.4, 0.5) is 0 Å². The summed E-state index contributed by atoms with van der Waals surface area (Å²) in [5, 5.41) is 0. The lowest BCUT2D eigenvalue weighted by molar-refractivity contribution is 0.435. The van der Waals surface area contributed by atoms with Crippen LogP contribution in [0.5, 0.6) is 0 Å². The quantitative estimate of drug-likeness (QED) is 0.667. The molecule has 0 radical (unpaired) electrons. The normalized spacial score (nSPS) is 27.6. The first-order chi connectivity index (χ1) is 8.59. The molecule has 1 aliphatic rings. The van der Waals surface area contributed by atoms with Crippen molar-refractivity contribution in [2.75, 3.05) is 0 Å². The minimum absolute atomic E-state index is 0.0929. The van der Waals surface area contributed by atoms with Crippen LogP contribution in [-0.2, 0) is 0 Å². The van der Waals surface area contributed by atoms with Gasteiger partial charge < -0.3 is 0 Å². The largest absolute Gasteiger partial charge is 0.0829 e. The third kappa shape index (κ3) is 2.08. The van der Waals surface area contributed by atoms with E-state index in [1.807, 2.05) is 0 Å². The first-order valence-electron chi connectivity index (χ1n) is 6.68. The van der Waals surface area contributed by atoms with Gasteiger partial charge in [0.25, 0.3) is 0 Å². The molecule has 2 rings (SSSR count). The van der Waals surface area contributed by atoms with Crippen LogP contribution in [0.1, 0.15) is 31.9 Å². The molecule has 0 heteroatoms. The number of rotatable bonds is 2. The molecule has 0 aliphatic heterocycles. The zero-order chi connectivity index (χ0) is 13.2. The van der Waals surface area contributed by atoms with Crippen molar-refractivity contribution in [2.45, 2.75) is 27.7 Å². The number of aryl methyl sites for hydroxylation is 1. The second-order valence-corrected chi connectivity index (χ2v) is 5.33. The van der Waals surface area contributed by atoms with Crippen LogP contribution in [0.3, 0.4) is 0 Å². The molecule has 0 N–H and O–H groups in total. The van der Waals surface area contributed by atoms with Crippen molar-refractivity contribution in [2.24, 2.45) is 11.3 Å². The number of allylic oxidation sites excluding steroid dienone is 6. The van der Waals surface area contributed by atoms with Crippen LogP contribution < -0.4 is 0 Å². The molecule has 2 unspecified atom stereocenters. The second kappa shape index (κ2) is 4.97. The predicted molar refractivity (Wildman–Crippen MR) is 80.4 cm³/mol. The van der Waals surface area contributed by atoms with Gasteiger partial charge in [-0.25, -0.2) is 0 Å². The molecule has 1 aromatic rings. The van der Waals surface area contributed by atoms with Gasteiger partial charge in [0.15, 0.2) is 0 Å². The highest BCUT2D eigenvalue weighted by atomic mass is 14.4. The van der Waals surface area contributed by atoms with E-state index in [9.17, 15) is 0 Å². The zero-order valence-electron chi connectivity index (χ0n) is 11.8. The van der Waals surface area contributed by atoms with Crippen LogP contribution >= 0.6 is 0 Å². The summed E-state index contributed by atoms with van der Waals surface area (Å²) in [7, 11) is 0. The molecule has 0 nitrogen and oxygen atoms in total. The molecule has 0 saturated carbocycles. The fourth-order valence-electron chi connectivity index (χ4n) is 2.80. The first kappa shape index (κ1) is 12.9. The van der Waals surface area contributed by atoms with Gasteiger partial charge in [-0.1, -0.05) is 68.5 Å². The molecule has 0 amide bonds. The van der Waals surface area contributed by atoms with Gasteiger partial charge in [-0.3, -0.25) is 0 Å². The number of benzene rings is 1. The van der Waals surface area contributed by atoms with Gasteiger partial charge >= 0.3 is 0 Å². The van der Waals surface area contributed by atoms with E-state index in [0.29, 0.717) is 5.92 Å². The van der Waals surface area contributed by atoms with Gasteiger partial charge in [-0.05, 0) is 36.5 Å². The smallest absolute Gasteiger partial charge is 0.0170 e. The summed E-state index contributed by atoms with van der Waals surface area (Å²) in [4.78, 5) is 0. The van der Waals surface area contributed by atoms with Crippen molar-refractivity contribution >= 4 is 5.57 Å². The van der Waals surface area contributed by atoms with E-state index >= 15 is 0 Å². The summed E-state index contributed by atoms with van der Waals surface area (Å²) in [6.07, 6.45) is 11.2. The number of hydrogen-bond acceptors (Lipinski definition) is 0. The highest BCUT2D eigenvalue weighted by Crippen LogP contribution is 2.45. The SMILES string of the molecule is CC=C(c1ccccc1C)C1(C)C=CC=CC1C. The van der Waals surface area contributed by atoms with Gasteiger partial charge in [-0.15, -0.1) is 0 Å². The van der Waals surface area contributed by atoms with Crippen molar-refractivity contribution in [1.29, 1.82) is 0 Å². The first-order valence-corrected chi connectivity index (χ1v) is 6.68. The van der Waals surface area contributed by atoms with Crippen molar-refractivity contribution in [3.63, 3.8) is 0 Å². The van der Waals surface area contributed by atoms with Crippen molar-refractivity contribution < 1.29 is 0 Å². The average Bonchev–Trinajstić information content (AvgIpc) is 2.36. The molecule has 0 bridgehead atoms. The van der Waals surface area contributed by atoms with Crippen LogP contribution in [-0.4, -0.2) is 0 Å². The summed E-state index contributed by atoms with van der Waals surface area (Å²) in [5.41, 5.74) is 4.24. The van der Waals surface area contributed by atoms with Crippen LogP contribution in [0.15, 0.2) is 54.6 Å². The minimum Gasteiger partial charge on any atom is -0.0829 e. The van der Waals surface area contributed by atoms with Crippen molar-refractivity contribution in [3.05, 3.63) is 65.8 Å². The summed E-state index contributed by atoms with van der Waals surface area (Å²) < 4.78 is 0. The maximum Gasteiger partial charge on any atom is 0.0170 e. The zero-order valence-corrected chi connectivity index (χ0v) is 11.8. The van der Waals surface area contributed by atoms with E-state index in [-0.39, 0.29) is 5.41 Å². The Labute approximate surface area is 111 Å². The summed E-state index contributed by atoms with van der Waals surface area (Å²) in [6, 6.07) is 8.65. The van der Waals surface area contributed by atoms with E-state index in [2.05, 4.69) is 82.3 Å². The Morgan fingerprint density at radius 3 is 2.56 bits per heavy atom. The lowest BCUT2D eigenvalue weighted by atomic mass is 9.67. The molecule has 94 valence electrons. The number of hydrogen-bond donors (Lipinski definition) is 0. The maximum atomic E-state index is 2.33. The molecule has 1 aliphatic carbocycles. The molecule has 0 spiro atoms. The summed E-state index contributed by atoms with van der Waals surface area (Å²) >= 11 is 0. The highest BCUT2D eigenvalue weighted by Gasteiger charge is 2.33. The van der Waals surface area contributed by atoms with Crippen LogP contribution in [0.2, 0.25) is 0 Å². The molecular weight excluding hydrogens is 216 g/mol. The van der Waals surface area contributed by atoms with Crippen LogP contribution in [0.25, 0.3) is 5.57 Å². The Balaban J connectivity index is 2.51. The third-order valence-electron chi connectivity index (χ3n) is 4.20. The monoisotopic (exact) mass is 238 g/mol. The lowest BCUT2D eigenvalue weighted by Crippen LogP contribution is -2.25. The summed E-state index contributed by atoms with van der Waals surface area (Å²) in [6.45, 7) is 8.96. The van der Waals surface area contributed by atoms with Gasteiger partial charge in [0.05, 0.1) is 0 Å². The molecule has 0 saturated heterocycles. The van der Waals surface area contributed by atoms with E-state index in [0.717, 1.165) is 0 Å². The topological polar surface area (TPSA) is 0 Å². The Morgan fingerprint density at radius 2 is 1.94 bits per heavy atom. The van der Waals surface area contributed by atoms with Gasteiger partial charge in [0.2, 0.25) is 0 Å². The predicted octanol–water partition coefficient (Wildman–Crippen LogP) is 5.17. The fraction of sp³-hybridized carbons (Fsp3) is 0.333. The van der Waals surface area contributed by atoms with E-state index in [4.69, 9.17) is 0 Å². The van der Waals surface area contributed by atoms with Crippen molar-refractivity contribution in [3.8, 4) is 0 Å². The Bertz CT molecular complexity index is 517. The molecule has 1 aromatic carbocycles. The molecule has 18 heavy (non-hydrogen) atoms. The van der Waals surface area contributed by atoms with Gasteiger partial charge in [0, 0.05) is 5.41 Å².